The number of hydroxylamine groups is 1. The first-order chi connectivity index (χ1) is 8.72. The van der Waals surface area contributed by atoms with Crippen LogP contribution in [0, 0.1) is 0 Å². The lowest BCUT2D eigenvalue weighted by atomic mass is 10.1. The van der Waals surface area contributed by atoms with Gasteiger partial charge in [-0.1, -0.05) is 49.4 Å². The Kier molecular flexibility index (Phi) is 3.75. The number of nitrogens with zero attached hydrogens (tertiary/aromatic N) is 1. The fourth-order valence-corrected chi connectivity index (χ4v) is 1.72. The molecule has 0 atom stereocenters. The average molecular weight is 241 g/mol. The topological polar surface area (TPSA) is 40.5 Å². The molecule has 1 amide bonds. The second-order valence-corrected chi connectivity index (χ2v) is 3.97. The highest BCUT2D eigenvalue weighted by molar-refractivity contribution is 5.91. The van der Waals surface area contributed by atoms with Crippen molar-refractivity contribution in [3.8, 4) is 11.1 Å². The van der Waals surface area contributed by atoms with Gasteiger partial charge in [-0.3, -0.25) is 10.0 Å². The van der Waals surface area contributed by atoms with Gasteiger partial charge in [0.15, 0.2) is 0 Å². The molecule has 0 aliphatic rings. The summed E-state index contributed by atoms with van der Waals surface area (Å²) in [5.41, 5.74) is 2.65. The molecule has 0 radical (unpaired) electrons. The quantitative estimate of drug-likeness (QED) is 0.660. The van der Waals surface area contributed by atoms with E-state index in [1.54, 1.807) is 19.1 Å². The van der Waals surface area contributed by atoms with Crippen molar-refractivity contribution in [3.63, 3.8) is 0 Å². The molecular formula is C15H15NO2. The summed E-state index contributed by atoms with van der Waals surface area (Å²) in [4.78, 5) is 11.3. The summed E-state index contributed by atoms with van der Waals surface area (Å²) >= 11 is 0. The molecule has 0 bridgehead atoms. The molecule has 18 heavy (non-hydrogen) atoms. The van der Waals surface area contributed by atoms with Crippen molar-refractivity contribution >= 4 is 11.6 Å². The zero-order chi connectivity index (χ0) is 13.0. The Morgan fingerprint density at radius 2 is 1.56 bits per heavy atom. The van der Waals surface area contributed by atoms with Crippen molar-refractivity contribution < 1.29 is 10.0 Å². The summed E-state index contributed by atoms with van der Waals surface area (Å²) in [5, 5.41) is 10.3. The van der Waals surface area contributed by atoms with E-state index in [0.717, 1.165) is 11.1 Å². The number of hydrogen-bond acceptors (Lipinski definition) is 2. The molecular weight excluding hydrogens is 226 g/mol. The first-order valence-corrected chi connectivity index (χ1v) is 5.89. The molecule has 0 saturated carbocycles. The Labute approximate surface area is 106 Å². The van der Waals surface area contributed by atoms with Crippen LogP contribution >= 0.6 is 0 Å². The van der Waals surface area contributed by atoms with Gasteiger partial charge in [0.05, 0.1) is 5.69 Å². The van der Waals surface area contributed by atoms with Crippen molar-refractivity contribution in [1.29, 1.82) is 0 Å². The highest BCUT2D eigenvalue weighted by Gasteiger charge is 2.10. The van der Waals surface area contributed by atoms with E-state index >= 15 is 0 Å². The van der Waals surface area contributed by atoms with Crippen LogP contribution in [0.5, 0.6) is 0 Å². The largest absolute Gasteiger partial charge is 0.281 e. The molecule has 0 saturated heterocycles. The predicted molar refractivity (Wildman–Crippen MR) is 71.4 cm³/mol. The maximum absolute atomic E-state index is 11.3. The smallest absolute Gasteiger partial charge is 0.250 e. The summed E-state index contributed by atoms with van der Waals surface area (Å²) in [6.07, 6.45) is 0.275. The molecule has 0 spiro atoms. The minimum atomic E-state index is -0.317. The summed E-state index contributed by atoms with van der Waals surface area (Å²) in [5.74, 6) is -0.317. The van der Waals surface area contributed by atoms with Gasteiger partial charge in [-0.2, -0.15) is 5.06 Å². The molecule has 0 unspecified atom stereocenters. The van der Waals surface area contributed by atoms with Crippen LogP contribution in [0.4, 0.5) is 5.69 Å². The van der Waals surface area contributed by atoms with E-state index in [9.17, 15) is 10.0 Å². The highest BCUT2D eigenvalue weighted by Crippen LogP contribution is 2.22. The summed E-state index contributed by atoms with van der Waals surface area (Å²) in [6, 6.07) is 17.2. The van der Waals surface area contributed by atoms with Crippen LogP contribution in [0.15, 0.2) is 54.6 Å². The van der Waals surface area contributed by atoms with Gasteiger partial charge in [-0.25, -0.2) is 0 Å². The van der Waals surface area contributed by atoms with Crippen LogP contribution in [0.3, 0.4) is 0 Å². The zero-order valence-electron chi connectivity index (χ0n) is 10.2. The maximum Gasteiger partial charge on any atom is 0.250 e. The molecule has 0 aliphatic heterocycles. The fourth-order valence-electron chi connectivity index (χ4n) is 1.72. The molecule has 0 aromatic heterocycles. The van der Waals surface area contributed by atoms with Crippen LogP contribution in [-0.4, -0.2) is 11.1 Å². The number of carbonyl (C=O) groups excluding carboxylic acids is 1. The van der Waals surface area contributed by atoms with Gasteiger partial charge in [-0.05, 0) is 23.3 Å². The SMILES string of the molecule is CCC(=O)N(O)c1ccc(-c2ccccc2)cc1. The number of benzene rings is 2. The second kappa shape index (κ2) is 5.47. The Balaban J connectivity index is 2.23. The monoisotopic (exact) mass is 241 g/mol. The van der Waals surface area contributed by atoms with Gasteiger partial charge in [0, 0.05) is 6.42 Å². The minimum Gasteiger partial charge on any atom is -0.281 e. The maximum atomic E-state index is 11.3. The molecule has 3 heteroatoms. The summed E-state index contributed by atoms with van der Waals surface area (Å²) in [6.45, 7) is 1.71. The van der Waals surface area contributed by atoms with Crippen molar-refractivity contribution in [2.24, 2.45) is 0 Å². The molecule has 2 rings (SSSR count). The predicted octanol–water partition coefficient (Wildman–Crippen LogP) is 3.49. The van der Waals surface area contributed by atoms with Gasteiger partial charge in [0.25, 0.3) is 0 Å². The lowest BCUT2D eigenvalue weighted by molar-refractivity contribution is -0.123. The Hall–Kier alpha value is -2.13. The van der Waals surface area contributed by atoms with Crippen molar-refractivity contribution in [1.82, 2.24) is 0 Å². The van der Waals surface area contributed by atoms with Crippen molar-refractivity contribution in [3.05, 3.63) is 54.6 Å². The van der Waals surface area contributed by atoms with Crippen molar-refractivity contribution in [2.75, 3.05) is 5.06 Å². The van der Waals surface area contributed by atoms with Crippen LogP contribution in [0.25, 0.3) is 11.1 Å². The number of rotatable bonds is 3. The van der Waals surface area contributed by atoms with Crippen LogP contribution in [0.1, 0.15) is 13.3 Å². The number of amides is 1. The first-order valence-electron chi connectivity index (χ1n) is 5.89. The molecule has 0 heterocycles. The Bertz CT molecular complexity index is 520. The van der Waals surface area contributed by atoms with Gasteiger partial charge in [0.2, 0.25) is 5.91 Å². The number of carbonyl (C=O) groups is 1. The van der Waals surface area contributed by atoms with E-state index in [1.807, 2.05) is 42.5 Å². The lowest BCUT2D eigenvalue weighted by Gasteiger charge is -2.14. The first kappa shape index (κ1) is 12.3. The Morgan fingerprint density at radius 3 is 2.11 bits per heavy atom. The van der Waals surface area contributed by atoms with Crippen LogP contribution in [-0.2, 0) is 4.79 Å². The highest BCUT2D eigenvalue weighted by atomic mass is 16.5. The van der Waals surface area contributed by atoms with Gasteiger partial charge in [0.1, 0.15) is 0 Å². The van der Waals surface area contributed by atoms with E-state index in [-0.39, 0.29) is 12.3 Å². The van der Waals surface area contributed by atoms with Crippen molar-refractivity contribution in [2.45, 2.75) is 13.3 Å². The normalized spacial score (nSPS) is 10.1. The fraction of sp³-hybridized carbons (Fsp3) is 0.133. The molecule has 92 valence electrons. The lowest BCUT2D eigenvalue weighted by Crippen LogP contribution is -2.25. The third-order valence-electron chi connectivity index (χ3n) is 2.76. The third kappa shape index (κ3) is 2.57. The Morgan fingerprint density at radius 1 is 1.00 bits per heavy atom. The van der Waals surface area contributed by atoms with E-state index in [2.05, 4.69) is 0 Å². The van der Waals surface area contributed by atoms with Gasteiger partial charge < -0.3 is 0 Å². The summed E-state index contributed by atoms with van der Waals surface area (Å²) < 4.78 is 0. The third-order valence-corrected chi connectivity index (χ3v) is 2.76. The molecule has 2 aromatic rings. The molecule has 0 aliphatic carbocycles. The molecule has 1 N–H and O–H groups in total. The van der Waals surface area contributed by atoms with E-state index in [1.165, 1.54) is 0 Å². The number of hydrogen-bond donors (Lipinski definition) is 1. The zero-order valence-corrected chi connectivity index (χ0v) is 10.2. The van der Waals surface area contributed by atoms with E-state index in [0.29, 0.717) is 10.8 Å². The molecule has 0 fully saturated rings. The summed E-state index contributed by atoms with van der Waals surface area (Å²) in [7, 11) is 0. The van der Waals surface area contributed by atoms with E-state index < -0.39 is 0 Å². The molecule has 2 aromatic carbocycles. The van der Waals surface area contributed by atoms with Gasteiger partial charge >= 0.3 is 0 Å². The average Bonchev–Trinajstić information content (AvgIpc) is 2.47. The number of anilines is 1. The van der Waals surface area contributed by atoms with Gasteiger partial charge in [-0.15, -0.1) is 0 Å². The van der Waals surface area contributed by atoms with E-state index in [4.69, 9.17) is 0 Å². The minimum absolute atomic E-state index is 0.275. The standard InChI is InChI=1S/C15H15NO2/c1-2-15(17)16(18)14-10-8-13(9-11-14)12-6-4-3-5-7-12/h3-11,18H,2H2,1H3. The molecule has 3 nitrogen and oxygen atoms in total. The second-order valence-electron chi connectivity index (χ2n) is 3.97. The van der Waals surface area contributed by atoms with Crippen LogP contribution < -0.4 is 5.06 Å². The van der Waals surface area contributed by atoms with Crippen LogP contribution in [0.2, 0.25) is 0 Å².